The highest BCUT2D eigenvalue weighted by Crippen LogP contribution is 2.48. The van der Waals surface area contributed by atoms with Crippen molar-refractivity contribution in [1.82, 2.24) is 29.6 Å². The number of carboxylic acids is 1. The smallest absolute Gasteiger partial charge is 0.416 e. The number of alkyl halides is 6. The summed E-state index contributed by atoms with van der Waals surface area (Å²) in [5.41, 5.74) is -1.10. The van der Waals surface area contributed by atoms with E-state index in [0.717, 1.165) is 110 Å². The zero-order valence-electron chi connectivity index (χ0n) is 61.1. The number of esters is 1. The fourth-order valence-electron chi connectivity index (χ4n) is 16.3. The van der Waals surface area contributed by atoms with Gasteiger partial charge in [0.05, 0.1) is 42.7 Å². The summed E-state index contributed by atoms with van der Waals surface area (Å²) in [5, 5.41) is 14.9. The van der Waals surface area contributed by atoms with Gasteiger partial charge in [-0.3, -0.25) is 28.8 Å². The molecule has 104 heavy (non-hydrogen) atoms. The van der Waals surface area contributed by atoms with Gasteiger partial charge in [0.2, 0.25) is 11.8 Å². The Balaban J connectivity index is 0.000000241. The fraction of sp³-hybridized carbons (Fsp3) is 0.525. The van der Waals surface area contributed by atoms with Gasteiger partial charge < -0.3 is 39.4 Å². The number of ether oxygens (including phenoxy) is 1. The van der Waals surface area contributed by atoms with Crippen LogP contribution in [-0.4, -0.2) is 93.7 Å². The van der Waals surface area contributed by atoms with E-state index in [9.17, 15) is 60.2 Å². The van der Waals surface area contributed by atoms with Gasteiger partial charge in [-0.05, 0) is 190 Å². The molecular weight excluding hydrogens is 1360 g/mol. The molecule has 564 valence electrons. The first kappa shape index (κ1) is 80.0. The molecule has 4 atom stereocenters. The molecule has 14 nitrogen and oxygen atoms in total. The van der Waals surface area contributed by atoms with E-state index in [-0.39, 0.29) is 88.3 Å². The number of benzene rings is 4. The second kappa shape index (κ2) is 32.7. The van der Waals surface area contributed by atoms with Crippen LogP contribution in [0.25, 0.3) is 22.3 Å². The summed E-state index contributed by atoms with van der Waals surface area (Å²) in [5.74, 6) is -8.58. The van der Waals surface area contributed by atoms with Crippen molar-refractivity contribution in [1.29, 1.82) is 0 Å². The Morgan fingerprint density at radius 1 is 0.529 bits per heavy atom. The number of halogens is 10. The van der Waals surface area contributed by atoms with E-state index >= 15 is 17.6 Å². The van der Waals surface area contributed by atoms with Crippen molar-refractivity contribution in [2.24, 2.45) is 22.7 Å². The van der Waals surface area contributed by atoms with Crippen LogP contribution < -0.4 is 21.8 Å². The number of pyridine rings is 2. The standard InChI is InChI=1S/C41H50F5N3O4.C39H46F5N3O4/c1-7-53-34(51)20-31(36-37(42)27(6)18-29(38(36)43)35-25(4)11-10-12-26(35)5)47-39(52)32(17-24(2)3)49-21-28(30(19-33(49)50)41(44,45)46)13-16-48-22-40(23-48)14-8-9-15-40;1-22(2)15-30(47-19-26(28(17-31(47)48)39(42,43)44)11-14-46-20-38(21-46)12-6-7-13-38)37(51)45-29(18-32(49)50)34-35(40)25(5)16-27(36(34)41)33-23(3)9-8-10-24(33)4/h10-12,18-19,21,24,31-32H,7-9,13-17,20,22-23H2,1-6H3,(H,47,52);8-10,16-17,19,22,29-30H,6-7,11-15,18,20-21H2,1-5H3,(H,45,51)(H,49,50)/t31-,32?;29-,30?/m00/s1. The molecule has 0 bridgehead atoms. The van der Waals surface area contributed by atoms with Crippen LogP contribution in [0.5, 0.6) is 0 Å². The van der Waals surface area contributed by atoms with Gasteiger partial charge in [0.25, 0.3) is 11.1 Å². The van der Waals surface area contributed by atoms with Crippen molar-refractivity contribution in [2.45, 2.75) is 203 Å². The van der Waals surface area contributed by atoms with Gasteiger partial charge in [0, 0.05) is 86.0 Å². The maximum Gasteiger partial charge on any atom is 0.416 e. The molecule has 2 aliphatic carbocycles. The molecule has 2 amide bonds. The van der Waals surface area contributed by atoms with Crippen molar-refractivity contribution in [2.75, 3.05) is 45.9 Å². The Morgan fingerprint density at radius 2 is 0.875 bits per heavy atom. The number of hydrogen-bond acceptors (Lipinski definition) is 9. The maximum absolute atomic E-state index is 16.7. The zero-order chi connectivity index (χ0) is 76.2. The number of aliphatic carboxylic acids is 1. The molecule has 2 aromatic heterocycles. The first-order chi connectivity index (χ1) is 48.8. The Bertz CT molecular complexity index is 4240. The molecule has 2 saturated heterocycles. The van der Waals surface area contributed by atoms with Gasteiger partial charge in [-0.25, -0.2) is 17.6 Å². The molecule has 0 radical (unpaired) electrons. The average molecular weight is 1460 g/mol. The number of carboxylic acid groups (broad SMARTS) is 1. The van der Waals surface area contributed by atoms with Gasteiger partial charge in [0.1, 0.15) is 35.4 Å². The molecule has 24 heteroatoms. The second-order valence-corrected chi connectivity index (χ2v) is 30.4. The molecule has 3 N–H and O–H groups in total. The average Bonchev–Trinajstić information content (AvgIpc) is 1.06. The number of aryl methyl sites for hydroxylation is 6. The van der Waals surface area contributed by atoms with Crippen molar-refractivity contribution >= 4 is 23.8 Å². The van der Waals surface area contributed by atoms with Crippen molar-refractivity contribution in [3.05, 3.63) is 184 Å². The molecule has 2 unspecified atom stereocenters. The van der Waals surface area contributed by atoms with E-state index in [4.69, 9.17) is 4.74 Å². The zero-order valence-corrected chi connectivity index (χ0v) is 61.1. The predicted molar refractivity (Wildman–Crippen MR) is 378 cm³/mol. The lowest BCUT2D eigenvalue weighted by Crippen LogP contribution is -2.55. The summed E-state index contributed by atoms with van der Waals surface area (Å²) in [6.07, 6.45) is 0.117. The number of carbonyl (C=O) groups excluding carboxylic acids is 3. The third-order valence-corrected chi connectivity index (χ3v) is 21.3. The maximum atomic E-state index is 16.7. The first-order valence-electron chi connectivity index (χ1n) is 36.0. The summed E-state index contributed by atoms with van der Waals surface area (Å²) < 4.78 is 158. The molecule has 4 aliphatic rings. The number of likely N-dealkylation sites (tertiary alicyclic amines) is 2. The lowest BCUT2D eigenvalue weighted by Gasteiger charge is -2.48. The summed E-state index contributed by atoms with van der Waals surface area (Å²) in [4.78, 5) is 84.3. The van der Waals surface area contributed by atoms with Gasteiger partial charge >= 0.3 is 24.3 Å². The van der Waals surface area contributed by atoms with E-state index < -0.39 is 130 Å². The van der Waals surface area contributed by atoms with E-state index in [1.165, 1.54) is 26.0 Å². The van der Waals surface area contributed by atoms with E-state index in [1.54, 1.807) is 92.6 Å². The first-order valence-corrected chi connectivity index (χ1v) is 36.0. The van der Waals surface area contributed by atoms with Crippen LogP contribution in [-0.2, 0) is 49.1 Å². The van der Waals surface area contributed by atoms with Crippen molar-refractivity contribution in [3.63, 3.8) is 0 Å². The van der Waals surface area contributed by atoms with E-state index in [1.807, 2.05) is 6.07 Å². The third-order valence-electron chi connectivity index (χ3n) is 21.3. The van der Waals surface area contributed by atoms with Crippen LogP contribution >= 0.6 is 0 Å². The highest BCUT2D eigenvalue weighted by atomic mass is 19.4. The largest absolute Gasteiger partial charge is 0.481 e. The van der Waals surface area contributed by atoms with Gasteiger partial charge in [-0.15, -0.1) is 0 Å². The van der Waals surface area contributed by atoms with Gasteiger partial charge in [-0.2, -0.15) is 26.3 Å². The summed E-state index contributed by atoms with van der Waals surface area (Å²) in [6, 6.07) is 8.43. The summed E-state index contributed by atoms with van der Waals surface area (Å²) >= 11 is 0. The molecule has 2 aliphatic heterocycles. The number of hydrogen-bond donors (Lipinski definition) is 3. The third kappa shape index (κ3) is 18.2. The summed E-state index contributed by atoms with van der Waals surface area (Å²) in [7, 11) is 0. The molecule has 6 aromatic rings. The number of aromatic nitrogens is 2. The lowest BCUT2D eigenvalue weighted by molar-refractivity contribution is -0.144. The van der Waals surface area contributed by atoms with Crippen LogP contribution in [0.4, 0.5) is 43.9 Å². The minimum atomic E-state index is -4.81. The van der Waals surface area contributed by atoms with Crippen molar-refractivity contribution < 1.29 is 72.9 Å². The van der Waals surface area contributed by atoms with Crippen LogP contribution in [0.1, 0.15) is 203 Å². The molecule has 10 rings (SSSR count). The van der Waals surface area contributed by atoms with Gasteiger partial charge in [-0.1, -0.05) is 89.8 Å². The Morgan fingerprint density at radius 3 is 1.19 bits per heavy atom. The highest BCUT2D eigenvalue weighted by molar-refractivity contribution is 5.83. The van der Waals surface area contributed by atoms with Crippen LogP contribution in [0.2, 0.25) is 0 Å². The van der Waals surface area contributed by atoms with Crippen molar-refractivity contribution in [3.8, 4) is 22.3 Å². The normalized spacial score (nSPS) is 17.0. The lowest BCUT2D eigenvalue weighted by atomic mass is 9.78. The Labute approximate surface area is 600 Å². The molecule has 4 heterocycles. The minimum Gasteiger partial charge on any atom is -0.481 e. The summed E-state index contributed by atoms with van der Waals surface area (Å²) in [6.45, 7) is 22.6. The number of amides is 2. The van der Waals surface area contributed by atoms with Crippen LogP contribution in [0.15, 0.2) is 82.6 Å². The topological polar surface area (TPSA) is 172 Å². The van der Waals surface area contributed by atoms with Gasteiger partial charge in [0.15, 0.2) is 0 Å². The predicted octanol–water partition coefficient (Wildman–Crippen LogP) is 16.6. The minimum absolute atomic E-state index is 0.00746. The van der Waals surface area contributed by atoms with Crippen LogP contribution in [0, 0.1) is 87.5 Å². The highest BCUT2D eigenvalue weighted by Gasteiger charge is 2.47. The number of nitrogens with zero attached hydrogens (tertiary/aromatic N) is 4. The molecular formula is C80H96F10N6O8. The SMILES string of the molecule is CCOC(=O)C[C@H](NC(=O)C(CC(C)C)n1cc(CCN2CC3(CCCC3)C2)c(C(F)(F)F)cc1=O)c1c(F)c(C)cc(-c2c(C)cccc2C)c1F.Cc1cc(-c2c(C)cccc2C)c(F)c([C@H](CC(=O)O)NC(=O)C(CC(C)C)n2cc(CCN3CC4(CCCC4)C3)c(C(F)(F)F)cc2=O)c1F. The molecule has 2 spiro atoms. The number of nitrogens with one attached hydrogen (secondary N) is 2. The Kier molecular flexibility index (Phi) is 25.2. The van der Waals surface area contributed by atoms with E-state index in [2.05, 4.69) is 20.4 Å². The fourth-order valence-corrected chi connectivity index (χ4v) is 16.3. The quantitative estimate of drug-likeness (QED) is 0.0370. The second-order valence-electron chi connectivity index (χ2n) is 30.4. The Hall–Kier alpha value is -8.12. The molecule has 4 fully saturated rings. The van der Waals surface area contributed by atoms with Crippen LogP contribution in [0.3, 0.4) is 0 Å². The molecule has 2 saturated carbocycles. The number of carbonyl (C=O) groups is 4. The molecule has 4 aromatic carbocycles. The monoisotopic (exact) mass is 1460 g/mol. The van der Waals surface area contributed by atoms with E-state index in [0.29, 0.717) is 47.5 Å². The number of rotatable bonds is 25.